The van der Waals surface area contributed by atoms with Crippen molar-refractivity contribution < 1.29 is 19.0 Å². The van der Waals surface area contributed by atoms with Crippen molar-refractivity contribution in [3.8, 4) is 11.5 Å². The molecule has 0 atom stereocenters. The maximum absolute atomic E-state index is 11.1. The number of nitrogens with one attached hydrogen (secondary N) is 1. The van der Waals surface area contributed by atoms with Crippen LogP contribution in [0.25, 0.3) is 0 Å². The van der Waals surface area contributed by atoms with Crippen molar-refractivity contribution in [2.45, 2.75) is 6.92 Å². The fourth-order valence-electron chi connectivity index (χ4n) is 1.51. The van der Waals surface area contributed by atoms with E-state index in [9.17, 15) is 4.79 Å². The van der Waals surface area contributed by atoms with Gasteiger partial charge in [0.2, 0.25) is 6.79 Å². The zero-order chi connectivity index (χ0) is 12.3. The molecule has 5 heteroatoms. The van der Waals surface area contributed by atoms with Crippen LogP contribution >= 0.6 is 0 Å². The van der Waals surface area contributed by atoms with Crippen molar-refractivity contribution >= 4 is 11.7 Å². The van der Waals surface area contributed by atoms with E-state index >= 15 is 0 Å². The average Bonchev–Trinajstić information content (AvgIpc) is 2.78. The molecule has 1 aromatic rings. The third-order valence-corrected chi connectivity index (χ3v) is 2.26. The van der Waals surface area contributed by atoms with Gasteiger partial charge < -0.3 is 19.5 Å². The molecule has 0 saturated heterocycles. The first-order valence-electron chi connectivity index (χ1n) is 5.12. The lowest BCUT2D eigenvalue weighted by Gasteiger charge is -2.08. The Hall–Kier alpha value is -2.17. The Morgan fingerprint density at radius 3 is 3.06 bits per heavy atom. The van der Waals surface area contributed by atoms with Gasteiger partial charge in [0.15, 0.2) is 11.5 Å². The Morgan fingerprint density at radius 2 is 2.29 bits per heavy atom. The average molecular weight is 235 g/mol. The Labute approximate surface area is 99.0 Å². The third kappa shape index (κ3) is 2.50. The molecule has 0 radical (unpaired) electrons. The highest BCUT2D eigenvalue weighted by Gasteiger charge is 2.17. The van der Waals surface area contributed by atoms with E-state index in [1.165, 1.54) is 13.2 Å². The van der Waals surface area contributed by atoms with Gasteiger partial charge in [-0.25, -0.2) is 4.79 Å². The first-order valence-corrected chi connectivity index (χ1v) is 5.12. The number of rotatable bonds is 3. The van der Waals surface area contributed by atoms with E-state index in [1.807, 2.05) is 18.2 Å². The van der Waals surface area contributed by atoms with Gasteiger partial charge in [0, 0.05) is 11.8 Å². The summed E-state index contributed by atoms with van der Waals surface area (Å²) < 4.78 is 15.1. The molecule has 0 unspecified atom stereocenters. The highest BCUT2D eigenvalue weighted by molar-refractivity contribution is 5.83. The van der Waals surface area contributed by atoms with Crippen LogP contribution in [-0.2, 0) is 9.53 Å². The minimum atomic E-state index is -0.403. The molecule has 90 valence electrons. The Bertz CT molecular complexity index is 468. The largest absolute Gasteiger partial charge is 0.466 e. The first-order chi connectivity index (χ1) is 8.20. The number of benzene rings is 1. The minimum Gasteiger partial charge on any atom is -0.466 e. The summed E-state index contributed by atoms with van der Waals surface area (Å²) in [6.45, 7) is 1.99. The highest BCUT2D eigenvalue weighted by Crippen LogP contribution is 2.39. The number of fused-ring (bicyclic) bond motifs is 1. The standard InChI is InChI=1S/C12H13NO4/c1-8(6-11(14)15-2)13-9-4-3-5-10-12(9)17-7-16-10/h3-6,13H,7H2,1-2H3/b8-6+. The van der Waals surface area contributed by atoms with Crippen LogP contribution in [0.4, 0.5) is 5.69 Å². The number of anilines is 1. The predicted octanol–water partition coefficient (Wildman–Crippen LogP) is 1.90. The van der Waals surface area contributed by atoms with Crippen LogP contribution in [0.5, 0.6) is 11.5 Å². The number of methoxy groups -OCH3 is 1. The van der Waals surface area contributed by atoms with Crippen molar-refractivity contribution in [1.82, 2.24) is 0 Å². The van der Waals surface area contributed by atoms with Crippen LogP contribution in [0.2, 0.25) is 0 Å². The van der Waals surface area contributed by atoms with Crippen molar-refractivity contribution in [1.29, 1.82) is 0 Å². The number of para-hydroxylation sites is 1. The summed E-state index contributed by atoms with van der Waals surface area (Å²) in [6.07, 6.45) is 1.37. The molecule has 5 nitrogen and oxygen atoms in total. The second kappa shape index (κ2) is 4.78. The van der Waals surface area contributed by atoms with Gasteiger partial charge in [-0.1, -0.05) is 6.07 Å². The van der Waals surface area contributed by atoms with Gasteiger partial charge >= 0.3 is 5.97 Å². The van der Waals surface area contributed by atoms with E-state index < -0.39 is 5.97 Å². The summed E-state index contributed by atoms with van der Waals surface area (Å²) in [5.41, 5.74) is 1.43. The van der Waals surface area contributed by atoms with Crippen molar-refractivity contribution in [2.24, 2.45) is 0 Å². The molecule has 1 N–H and O–H groups in total. The summed E-state index contributed by atoms with van der Waals surface area (Å²) in [5, 5.41) is 3.06. The second-order valence-corrected chi connectivity index (χ2v) is 3.51. The summed E-state index contributed by atoms with van der Waals surface area (Å²) in [7, 11) is 1.34. The second-order valence-electron chi connectivity index (χ2n) is 3.51. The summed E-state index contributed by atoms with van der Waals surface area (Å²) >= 11 is 0. The fraction of sp³-hybridized carbons (Fsp3) is 0.250. The molecule has 0 saturated carbocycles. The highest BCUT2D eigenvalue weighted by atomic mass is 16.7. The lowest BCUT2D eigenvalue weighted by Crippen LogP contribution is -2.02. The number of allylic oxidation sites excluding steroid dienone is 1. The van der Waals surface area contributed by atoms with Gasteiger partial charge in [-0.3, -0.25) is 0 Å². The van der Waals surface area contributed by atoms with Crippen molar-refractivity contribution in [3.63, 3.8) is 0 Å². The van der Waals surface area contributed by atoms with Crippen molar-refractivity contribution in [2.75, 3.05) is 19.2 Å². The first kappa shape index (κ1) is 11.3. The molecule has 1 aromatic carbocycles. The molecule has 0 aliphatic carbocycles. The molecule has 1 aliphatic rings. The van der Waals surface area contributed by atoms with Gasteiger partial charge in [-0.2, -0.15) is 0 Å². The predicted molar refractivity (Wildman–Crippen MR) is 62.0 cm³/mol. The molecule has 17 heavy (non-hydrogen) atoms. The third-order valence-electron chi connectivity index (χ3n) is 2.26. The van der Waals surface area contributed by atoms with Crippen LogP contribution in [0.15, 0.2) is 30.0 Å². The smallest absolute Gasteiger partial charge is 0.332 e. The van der Waals surface area contributed by atoms with Gasteiger partial charge in [-0.15, -0.1) is 0 Å². The molecule has 0 fully saturated rings. The van der Waals surface area contributed by atoms with E-state index in [2.05, 4.69) is 10.1 Å². The Morgan fingerprint density at radius 1 is 1.47 bits per heavy atom. The topological polar surface area (TPSA) is 56.8 Å². The van der Waals surface area contributed by atoms with Gasteiger partial charge in [0.05, 0.1) is 12.8 Å². The lowest BCUT2D eigenvalue weighted by molar-refractivity contribution is -0.134. The number of esters is 1. The normalized spacial score (nSPS) is 13.4. The van der Waals surface area contributed by atoms with Crippen molar-refractivity contribution in [3.05, 3.63) is 30.0 Å². The molecular weight excluding hydrogens is 222 g/mol. The van der Waals surface area contributed by atoms with Crippen LogP contribution in [-0.4, -0.2) is 19.9 Å². The van der Waals surface area contributed by atoms with E-state index in [4.69, 9.17) is 9.47 Å². The molecule has 1 heterocycles. The quantitative estimate of drug-likeness (QED) is 0.640. The van der Waals surface area contributed by atoms with E-state index in [0.717, 1.165) is 5.69 Å². The summed E-state index contributed by atoms with van der Waals surface area (Å²) in [5.74, 6) is 0.950. The Balaban J connectivity index is 2.17. The maximum Gasteiger partial charge on any atom is 0.332 e. The lowest BCUT2D eigenvalue weighted by atomic mass is 10.2. The van der Waals surface area contributed by atoms with Crippen LogP contribution < -0.4 is 14.8 Å². The van der Waals surface area contributed by atoms with Gasteiger partial charge in [-0.05, 0) is 19.1 Å². The fourth-order valence-corrected chi connectivity index (χ4v) is 1.51. The van der Waals surface area contributed by atoms with E-state index in [-0.39, 0.29) is 6.79 Å². The monoisotopic (exact) mass is 235 g/mol. The van der Waals surface area contributed by atoms with Crippen LogP contribution in [0, 0.1) is 0 Å². The number of carbonyl (C=O) groups excluding carboxylic acids is 1. The summed E-state index contributed by atoms with van der Waals surface area (Å²) in [4.78, 5) is 11.1. The molecule has 2 rings (SSSR count). The molecule has 1 aliphatic heterocycles. The zero-order valence-electron chi connectivity index (χ0n) is 9.65. The van der Waals surface area contributed by atoms with Crippen LogP contribution in [0.3, 0.4) is 0 Å². The number of ether oxygens (including phenoxy) is 3. The van der Waals surface area contributed by atoms with Gasteiger partial charge in [0.25, 0.3) is 0 Å². The summed E-state index contributed by atoms with van der Waals surface area (Å²) in [6, 6.07) is 5.52. The SMILES string of the molecule is COC(=O)/C=C(\C)Nc1cccc2c1OCO2. The van der Waals surface area contributed by atoms with E-state index in [1.54, 1.807) is 6.92 Å². The number of hydrogen-bond acceptors (Lipinski definition) is 5. The molecule has 0 aromatic heterocycles. The molecule has 0 spiro atoms. The molecular formula is C12H13NO4. The Kier molecular flexibility index (Phi) is 3.18. The number of hydrogen-bond donors (Lipinski definition) is 1. The molecule has 0 bridgehead atoms. The number of carbonyl (C=O) groups is 1. The molecule has 0 amide bonds. The van der Waals surface area contributed by atoms with Crippen LogP contribution in [0.1, 0.15) is 6.92 Å². The maximum atomic E-state index is 11.1. The zero-order valence-corrected chi connectivity index (χ0v) is 9.65. The van der Waals surface area contributed by atoms with Gasteiger partial charge in [0.1, 0.15) is 0 Å². The van der Waals surface area contributed by atoms with E-state index in [0.29, 0.717) is 17.2 Å². The minimum absolute atomic E-state index is 0.216.